The minimum absolute atomic E-state index is 0.354. The van der Waals surface area contributed by atoms with Gasteiger partial charge in [-0.2, -0.15) is 0 Å². The molecular weight excluding hydrogens is 322 g/mol. The third kappa shape index (κ3) is 4.14. The molecule has 102 valence electrons. The molecule has 4 heteroatoms. The Balaban J connectivity index is 1.98. The zero-order valence-corrected chi connectivity index (χ0v) is 13.6. The molecule has 2 nitrogen and oxygen atoms in total. The fourth-order valence-corrected chi connectivity index (χ4v) is 3.42. The van der Waals surface area contributed by atoms with Crippen LogP contribution in [-0.2, 0) is 17.9 Å². The number of benzene rings is 1. The molecule has 1 aromatic carbocycles. The van der Waals surface area contributed by atoms with Crippen LogP contribution in [0.2, 0.25) is 0 Å². The van der Waals surface area contributed by atoms with E-state index in [-0.39, 0.29) is 0 Å². The van der Waals surface area contributed by atoms with Gasteiger partial charge in [-0.3, -0.25) is 0 Å². The molecule has 19 heavy (non-hydrogen) atoms. The lowest BCUT2D eigenvalue weighted by Gasteiger charge is -2.14. The quantitative estimate of drug-likeness (QED) is 0.836. The number of rotatable bonds is 6. The molecule has 1 heterocycles. The molecule has 0 saturated carbocycles. The van der Waals surface area contributed by atoms with Crippen LogP contribution in [0, 0.1) is 0 Å². The lowest BCUT2D eigenvalue weighted by Crippen LogP contribution is -2.18. The maximum Gasteiger partial charge on any atom is 0.0716 e. The second kappa shape index (κ2) is 7.20. The van der Waals surface area contributed by atoms with E-state index < -0.39 is 0 Å². The molecule has 2 aromatic rings. The van der Waals surface area contributed by atoms with E-state index in [1.807, 2.05) is 0 Å². The zero-order chi connectivity index (χ0) is 13.7. The SMILES string of the molecule is COCc1ccccc1CNC(C)c1cc(Br)cs1. The van der Waals surface area contributed by atoms with Gasteiger partial charge < -0.3 is 10.1 Å². The predicted molar refractivity (Wildman–Crippen MR) is 84.4 cm³/mol. The Morgan fingerprint density at radius 1 is 1.32 bits per heavy atom. The molecule has 1 aromatic heterocycles. The van der Waals surface area contributed by atoms with E-state index in [0.717, 1.165) is 11.0 Å². The van der Waals surface area contributed by atoms with Gasteiger partial charge in [0.05, 0.1) is 6.61 Å². The summed E-state index contributed by atoms with van der Waals surface area (Å²) in [7, 11) is 1.73. The van der Waals surface area contributed by atoms with Crippen LogP contribution in [0.5, 0.6) is 0 Å². The molecule has 0 radical (unpaired) electrons. The van der Waals surface area contributed by atoms with Gasteiger partial charge >= 0.3 is 0 Å². The third-order valence-corrected chi connectivity index (χ3v) is 4.91. The summed E-state index contributed by atoms with van der Waals surface area (Å²) in [5, 5.41) is 5.68. The van der Waals surface area contributed by atoms with E-state index in [1.165, 1.54) is 16.0 Å². The van der Waals surface area contributed by atoms with Gasteiger partial charge in [0.1, 0.15) is 0 Å². The summed E-state index contributed by atoms with van der Waals surface area (Å²) in [6.07, 6.45) is 0. The molecule has 0 fully saturated rings. The van der Waals surface area contributed by atoms with Crippen LogP contribution in [0.15, 0.2) is 40.2 Å². The Bertz CT molecular complexity index is 526. The number of nitrogens with one attached hydrogen (secondary N) is 1. The van der Waals surface area contributed by atoms with Crippen molar-refractivity contribution in [1.29, 1.82) is 0 Å². The van der Waals surface area contributed by atoms with Crippen LogP contribution < -0.4 is 5.32 Å². The highest BCUT2D eigenvalue weighted by Crippen LogP contribution is 2.25. The number of halogens is 1. The van der Waals surface area contributed by atoms with Crippen molar-refractivity contribution in [1.82, 2.24) is 5.32 Å². The van der Waals surface area contributed by atoms with Gasteiger partial charge in [0.25, 0.3) is 0 Å². The molecule has 1 unspecified atom stereocenters. The van der Waals surface area contributed by atoms with Gasteiger partial charge in [-0.05, 0) is 40.0 Å². The normalized spacial score (nSPS) is 12.6. The summed E-state index contributed by atoms with van der Waals surface area (Å²) in [6, 6.07) is 10.9. The highest BCUT2D eigenvalue weighted by molar-refractivity contribution is 9.10. The number of hydrogen-bond acceptors (Lipinski definition) is 3. The van der Waals surface area contributed by atoms with E-state index in [1.54, 1.807) is 18.4 Å². The standard InChI is InChI=1S/C15H18BrNOS/c1-11(15-7-14(16)10-19-15)17-8-12-5-3-4-6-13(12)9-18-2/h3-7,10-11,17H,8-9H2,1-2H3. The lowest BCUT2D eigenvalue weighted by molar-refractivity contribution is 0.184. The lowest BCUT2D eigenvalue weighted by atomic mass is 10.1. The largest absolute Gasteiger partial charge is 0.380 e. The summed E-state index contributed by atoms with van der Waals surface area (Å²) < 4.78 is 6.39. The molecule has 0 spiro atoms. The number of ether oxygens (including phenoxy) is 1. The first-order chi connectivity index (χ1) is 9.20. The first-order valence-corrected chi connectivity index (χ1v) is 7.91. The fourth-order valence-electron chi connectivity index (χ4n) is 1.95. The second-order valence-corrected chi connectivity index (χ2v) is 6.33. The summed E-state index contributed by atoms with van der Waals surface area (Å²) in [5.41, 5.74) is 2.55. The van der Waals surface area contributed by atoms with Gasteiger partial charge in [0.15, 0.2) is 0 Å². The van der Waals surface area contributed by atoms with E-state index in [4.69, 9.17) is 4.74 Å². The topological polar surface area (TPSA) is 21.3 Å². The second-order valence-electron chi connectivity index (χ2n) is 4.47. The van der Waals surface area contributed by atoms with Crippen molar-refractivity contribution in [2.24, 2.45) is 0 Å². The van der Waals surface area contributed by atoms with Crippen LogP contribution in [0.1, 0.15) is 29.0 Å². The molecule has 0 bridgehead atoms. The van der Waals surface area contributed by atoms with E-state index in [9.17, 15) is 0 Å². The summed E-state index contributed by atoms with van der Waals surface area (Å²) in [4.78, 5) is 1.34. The number of hydrogen-bond donors (Lipinski definition) is 1. The van der Waals surface area contributed by atoms with Crippen LogP contribution in [-0.4, -0.2) is 7.11 Å². The number of thiophene rings is 1. The summed E-state index contributed by atoms with van der Waals surface area (Å²) >= 11 is 5.27. The minimum atomic E-state index is 0.354. The average molecular weight is 340 g/mol. The Morgan fingerprint density at radius 3 is 2.68 bits per heavy atom. The highest BCUT2D eigenvalue weighted by Gasteiger charge is 2.08. The molecule has 0 saturated heterocycles. The van der Waals surface area contributed by atoms with Crippen molar-refractivity contribution in [3.8, 4) is 0 Å². The van der Waals surface area contributed by atoms with Crippen molar-refractivity contribution in [2.45, 2.75) is 26.1 Å². The minimum Gasteiger partial charge on any atom is -0.380 e. The van der Waals surface area contributed by atoms with E-state index >= 15 is 0 Å². The molecule has 0 amide bonds. The van der Waals surface area contributed by atoms with E-state index in [0.29, 0.717) is 12.6 Å². The third-order valence-electron chi connectivity index (χ3n) is 3.03. The van der Waals surface area contributed by atoms with Crippen molar-refractivity contribution < 1.29 is 4.74 Å². The maximum atomic E-state index is 5.23. The molecule has 0 aliphatic carbocycles. The van der Waals surface area contributed by atoms with Gasteiger partial charge in [0.2, 0.25) is 0 Å². The zero-order valence-electron chi connectivity index (χ0n) is 11.2. The first kappa shape index (κ1) is 14.7. The van der Waals surface area contributed by atoms with Crippen LogP contribution in [0.25, 0.3) is 0 Å². The molecular formula is C15H18BrNOS. The molecule has 2 rings (SSSR count). The maximum absolute atomic E-state index is 5.23. The average Bonchev–Trinajstić information content (AvgIpc) is 2.84. The van der Waals surface area contributed by atoms with Gasteiger partial charge in [-0.25, -0.2) is 0 Å². The van der Waals surface area contributed by atoms with Gasteiger partial charge in [0, 0.05) is 34.4 Å². The van der Waals surface area contributed by atoms with Crippen LogP contribution in [0.3, 0.4) is 0 Å². The van der Waals surface area contributed by atoms with Gasteiger partial charge in [-0.1, -0.05) is 24.3 Å². The van der Waals surface area contributed by atoms with Gasteiger partial charge in [-0.15, -0.1) is 11.3 Å². The van der Waals surface area contributed by atoms with Crippen LogP contribution >= 0.6 is 27.3 Å². The Kier molecular flexibility index (Phi) is 5.58. The van der Waals surface area contributed by atoms with Crippen molar-refractivity contribution in [2.75, 3.05) is 7.11 Å². The Hall–Kier alpha value is -0.680. The Labute approximate surface area is 126 Å². The van der Waals surface area contributed by atoms with Crippen molar-refractivity contribution in [3.63, 3.8) is 0 Å². The number of methoxy groups -OCH3 is 1. The molecule has 0 aliphatic rings. The molecule has 0 aliphatic heterocycles. The summed E-state index contributed by atoms with van der Waals surface area (Å²) in [6.45, 7) is 3.71. The van der Waals surface area contributed by atoms with Crippen molar-refractivity contribution >= 4 is 27.3 Å². The van der Waals surface area contributed by atoms with E-state index in [2.05, 4.69) is 63.9 Å². The summed E-state index contributed by atoms with van der Waals surface area (Å²) in [5.74, 6) is 0. The fraction of sp³-hybridized carbons (Fsp3) is 0.333. The van der Waals surface area contributed by atoms with Crippen LogP contribution in [0.4, 0.5) is 0 Å². The first-order valence-electron chi connectivity index (χ1n) is 6.23. The predicted octanol–water partition coefficient (Wildman–Crippen LogP) is 4.51. The molecule has 1 N–H and O–H groups in total. The smallest absolute Gasteiger partial charge is 0.0716 e. The van der Waals surface area contributed by atoms with Crippen molar-refractivity contribution in [3.05, 3.63) is 56.2 Å². The monoisotopic (exact) mass is 339 g/mol. The molecule has 1 atom stereocenters. The highest BCUT2D eigenvalue weighted by atomic mass is 79.9. The Morgan fingerprint density at radius 2 is 2.05 bits per heavy atom.